The number of hydrogen-bond donors (Lipinski definition) is 1. The quantitative estimate of drug-likeness (QED) is 0.562. The van der Waals surface area contributed by atoms with E-state index >= 15 is 0 Å². The Balaban J connectivity index is 1.42. The van der Waals surface area contributed by atoms with E-state index in [4.69, 9.17) is 33.7 Å². The standard InChI is InChI=1S/C21H21Cl2N5O3S/c1-2-16-20(30)27(9-12-3-4-13-15(7-12)25-11-26-19(13)24)5-6-28(16)18(29)10-31-21-14(22)8-17(23)32-21/h3-4,7-8,11,16H,2,5-6,9-10H2,1H3,(H2,24,25,26). The molecule has 168 valence electrons. The molecule has 1 aromatic carbocycles. The van der Waals surface area contributed by atoms with E-state index in [0.29, 0.717) is 46.3 Å². The molecule has 1 aliphatic heterocycles. The summed E-state index contributed by atoms with van der Waals surface area (Å²) in [6, 6.07) is 6.71. The van der Waals surface area contributed by atoms with Gasteiger partial charge in [-0.1, -0.05) is 47.5 Å². The number of piperazine rings is 1. The van der Waals surface area contributed by atoms with Gasteiger partial charge < -0.3 is 20.3 Å². The maximum Gasteiger partial charge on any atom is 0.261 e. The number of hydrogen-bond acceptors (Lipinski definition) is 7. The minimum atomic E-state index is -0.541. The molecule has 0 aliphatic carbocycles. The van der Waals surface area contributed by atoms with Crippen LogP contribution in [0.4, 0.5) is 5.82 Å². The van der Waals surface area contributed by atoms with Gasteiger partial charge in [0.05, 0.1) is 14.9 Å². The molecule has 11 heteroatoms. The van der Waals surface area contributed by atoms with Crippen LogP contribution in [0.25, 0.3) is 10.9 Å². The number of nitrogens with zero attached hydrogens (tertiary/aromatic N) is 4. The van der Waals surface area contributed by atoms with Crippen LogP contribution in [-0.2, 0) is 16.1 Å². The molecule has 0 bridgehead atoms. The summed E-state index contributed by atoms with van der Waals surface area (Å²) >= 11 is 13.1. The monoisotopic (exact) mass is 493 g/mol. The highest BCUT2D eigenvalue weighted by Crippen LogP contribution is 2.37. The minimum absolute atomic E-state index is 0.0911. The van der Waals surface area contributed by atoms with Crippen molar-refractivity contribution in [2.24, 2.45) is 0 Å². The molecule has 2 amide bonds. The maximum atomic E-state index is 13.1. The maximum absolute atomic E-state index is 13.1. The Kier molecular flexibility index (Phi) is 6.68. The third-order valence-corrected chi connectivity index (χ3v) is 6.92. The molecule has 32 heavy (non-hydrogen) atoms. The van der Waals surface area contributed by atoms with Crippen molar-refractivity contribution >= 4 is 63.1 Å². The molecular formula is C21H21Cl2N5O3S. The van der Waals surface area contributed by atoms with Crippen LogP contribution in [0, 0.1) is 0 Å². The first-order valence-electron chi connectivity index (χ1n) is 10.0. The highest BCUT2D eigenvalue weighted by molar-refractivity contribution is 7.18. The smallest absolute Gasteiger partial charge is 0.261 e. The number of anilines is 1. The van der Waals surface area contributed by atoms with Crippen molar-refractivity contribution in [2.75, 3.05) is 25.4 Å². The number of halogens is 2. The van der Waals surface area contributed by atoms with Crippen molar-refractivity contribution in [2.45, 2.75) is 25.9 Å². The fourth-order valence-electron chi connectivity index (χ4n) is 3.77. The van der Waals surface area contributed by atoms with Crippen LogP contribution >= 0.6 is 34.5 Å². The number of carbonyl (C=O) groups excluding carboxylic acids is 2. The summed E-state index contributed by atoms with van der Waals surface area (Å²) in [5.41, 5.74) is 7.55. The molecule has 3 heterocycles. The van der Waals surface area contributed by atoms with Crippen molar-refractivity contribution in [3.8, 4) is 5.06 Å². The van der Waals surface area contributed by atoms with Gasteiger partial charge in [0.15, 0.2) is 11.7 Å². The summed E-state index contributed by atoms with van der Waals surface area (Å²) in [4.78, 5) is 37.5. The van der Waals surface area contributed by atoms with E-state index in [-0.39, 0.29) is 18.4 Å². The molecular weight excluding hydrogens is 473 g/mol. The van der Waals surface area contributed by atoms with Crippen molar-refractivity contribution in [1.82, 2.24) is 19.8 Å². The van der Waals surface area contributed by atoms with Gasteiger partial charge in [-0.2, -0.15) is 0 Å². The lowest BCUT2D eigenvalue weighted by Gasteiger charge is -2.40. The van der Waals surface area contributed by atoms with E-state index in [9.17, 15) is 9.59 Å². The summed E-state index contributed by atoms with van der Waals surface area (Å²) in [7, 11) is 0. The predicted octanol–water partition coefficient (Wildman–Crippen LogP) is 3.61. The summed E-state index contributed by atoms with van der Waals surface area (Å²) in [5.74, 6) is 0.0686. The Morgan fingerprint density at radius 2 is 2.09 bits per heavy atom. The molecule has 0 spiro atoms. The Morgan fingerprint density at radius 3 is 2.81 bits per heavy atom. The topological polar surface area (TPSA) is 102 Å². The van der Waals surface area contributed by atoms with Crippen molar-refractivity contribution in [3.63, 3.8) is 0 Å². The molecule has 3 aromatic rings. The fraction of sp³-hybridized carbons (Fsp3) is 0.333. The third-order valence-electron chi connectivity index (χ3n) is 5.35. The van der Waals surface area contributed by atoms with E-state index in [2.05, 4.69) is 9.97 Å². The van der Waals surface area contributed by atoms with Gasteiger partial charge >= 0.3 is 0 Å². The van der Waals surface area contributed by atoms with Crippen molar-refractivity contribution in [1.29, 1.82) is 0 Å². The average molecular weight is 494 g/mol. The molecule has 8 nitrogen and oxygen atoms in total. The summed E-state index contributed by atoms with van der Waals surface area (Å²) in [6.07, 6.45) is 1.93. The van der Waals surface area contributed by atoms with Crippen LogP contribution in [0.3, 0.4) is 0 Å². The second-order valence-electron chi connectivity index (χ2n) is 7.36. The van der Waals surface area contributed by atoms with Crippen molar-refractivity contribution in [3.05, 3.63) is 45.5 Å². The zero-order valence-corrected chi connectivity index (χ0v) is 19.6. The molecule has 0 saturated carbocycles. The van der Waals surface area contributed by atoms with Crippen LogP contribution in [0.15, 0.2) is 30.6 Å². The van der Waals surface area contributed by atoms with E-state index in [1.165, 1.54) is 6.33 Å². The third kappa shape index (κ3) is 4.60. The van der Waals surface area contributed by atoms with Gasteiger partial charge in [0, 0.05) is 25.0 Å². The van der Waals surface area contributed by atoms with Gasteiger partial charge in [0.25, 0.3) is 5.91 Å². The fourth-order valence-corrected chi connectivity index (χ4v) is 5.11. The first-order chi connectivity index (χ1) is 15.4. The van der Waals surface area contributed by atoms with Gasteiger partial charge in [0.2, 0.25) is 5.91 Å². The van der Waals surface area contributed by atoms with Gasteiger partial charge in [0.1, 0.15) is 18.2 Å². The van der Waals surface area contributed by atoms with Crippen molar-refractivity contribution < 1.29 is 14.3 Å². The van der Waals surface area contributed by atoms with Gasteiger partial charge in [-0.25, -0.2) is 9.97 Å². The molecule has 1 saturated heterocycles. The molecule has 2 aromatic heterocycles. The zero-order valence-electron chi connectivity index (χ0n) is 17.3. The first-order valence-corrected chi connectivity index (χ1v) is 11.6. The first kappa shape index (κ1) is 22.6. The highest BCUT2D eigenvalue weighted by Gasteiger charge is 2.36. The van der Waals surface area contributed by atoms with E-state index in [0.717, 1.165) is 27.8 Å². The van der Waals surface area contributed by atoms with Gasteiger partial charge in [-0.15, -0.1) is 0 Å². The van der Waals surface area contributed by atoms with Crippen LogP contribution < -0.4 is 10.5 Å². The number of ether oxygens (including phenoxy) is 1. The van der Waals surface area contributed by atoms with Crippen LogP contribution in [0.2, 0.25) is 9.36 Å². The van der Waals surface area contributed by atoms with E-state index < -0.39 is 6.04 Å². The lowest BCUT2D eigenvalue weighted by Crippen LogP contribution is -2.59. The van der Waals surface area contributed by atoms with Gasteiger partial charge in [-0.3, -0.25) is 9.59 Å². The zero-order chi connectivity index (χ0) is 22.8. The molecule has 2 N–H and O–H groups in total. The molecule has 0 radical (unpaired) electrons. The molecule has 1 aliphatic rings. The minimum Gasteiger partial charge on any atom is -0.473 e. The molecule has 1 atom stereocenters. The number of thiophene rings is 1. The number of nitrogens with two attached hydrogens (primary N) is 1. The second kappa shape index (κ2) is 9.48. The summed E-state index contributed by atoms with van der Waals surface area (Å²) in [6.45, 7) is 2.96. The summed E-state index contributed by atoms with van der Waals surface area (Å²) in [5, 5.41) is 1.53. The SMILES string of the molecule is CCC1C(=O)N(Cc2ccc3c(N)ncnc3c2)CCN1C(=O)COc1sc(Cl)cc1Cl. The van der Waals surface area contributed by atoms with E-state index in [1.54, 1.807) is 15.9 Å². The average Bonchev–Trinajstić information content (AvgIpc) is 3.10. The van der Waals surface area contributed by atoms with Gasteiger partial charge in [-0.05, 0) is 30.2 Å². The van der Waals surface area contributed by atoms with Crippen LogP contribution in [0.1, 0.15) is 18.9 Å². The predicted molar refractivity (Wildman–Crippen MR) is 125 cm³/mol. The Hall–Kier alpha value is -2.62. The Labute approximate surface area is 198 Å². The normalized spacial score (nSPS) is 16.6. The number of rotatable bonds is 6. The van der Waals surface area contributed by atoms with E-state index in [1.807, 2.05) is 25.1 Å². The number of carbonyl (C=O) groups is 2. The molecule has 4 rings (SSSR count). The highest BCUT2D eigenvalue weighted by atomic mass is 35.5. The second-order valence-corrected chi connectivity index (χ2v) is 9.41. The number of benzene rings is 1. The van der Waals surface area contributed by atoms with Crippen LogP contribution in [-0.4, -0.2) is 57.3 Å². The lowest BCUT2D eigenvalue weighted by atomic mass is 10.1. The van der Waals surface area contributed by atoms with Crippen LogP contribution in [0.5, 0.6) is 5.06 Å². The number of fused-ring (bicyclic) bond motifs is 1. The largest absolute Gasteiger partial charge is 0.473 e. The number of amides is 2. The lowest BCUT2D eigenvalue weighted by molar-refractivity contribution is -0.153. The summed E-state index contributed by atoms with van der Waals surface area (Å²) < 4.78 is 6.02. The molecule has 1 unspecified atom stereocenters. The Bertz CT molecular complexity index is 1170. The molecule has 1 fully saturated rings. The number of aromatic nitrogens is 2. The number of nitrogen functional groups attached to an aromatic ring is 1. The Morgan fingerprint density at radius 1 is 1.28 bits per heavy atom.